The first kappa shape index (κ1) is 9.97. The van der Waals surface area contributed by atoms with Gasteiger partial charge in [0.25, 0.3) is 0 Å². The summed E-state index contributed by atoms with van der Waals surface area (Å²) in [6, 6.07) is 8.16. The Bertz CT molecular complexity index is 492. The van der Waals surface area contributed by atoms with Crippen molar-refractivity contribution in [3.8, 4) is 0 Å². The normalized spacial score (nSPS) is 18.4. The number of benzene rings is 1. The van der Waals surface area contributed by atoms with Gasteiger partial charge in [0.1, 0.15) is 0 Å². The molecule has 3 rings (SSSR count). The van der Waals surface area contributed by atoms with Crippen molar-refractivity contribution in [1.82, 2.24) is 0 Å². The second-order valence-corrected chi connectivity index (χ2v) is 5.28. The molecule has 16 heavy (non-hydrogen) atoms. The van der Waals surface area contributed by atoms with E-state index in [0.717, 1.165) is 18.5 Å². The minimum Gasteiger partial charge on any atom is -0.283 e. The van der Waals surface area contributed by atoms with E-state index in [2.05, 4.69) is 6.07 Å². The van der Waals surface area contributed by atoms with E-state index in [9.17, 15) is 4.79 Å². The smallest absolute Gasteiger partial charge is 0.228 e. The van der Waals surface area contributed by atoms with Crippen molar-refractivity contribution in [3.05, 3.63) is 34.9 Å². The van der Waals surface area contributed by atoms with Gasteiger partial charge in [-0.25, -0.2) is 0 Å². The van der Waals surface area contributed by atoms with Gasteiger partial charge in [0, 0.05) is 22.4 Å². The van der Waals surface area contributed by atoms with Crippen molar-refractivity contribution >= 4 is 23.4 Å². The third-order valence-electron chi connectivity index (χ3n) is 3.06. The molecule has 0 fully saturated rings. The number of allylic oxidation sites excluding steroid dienone is 2. The maximum atomic E-state index is 11.8. The van der Waals surface area contributed by atoms with Gasteiger partial charge in [0.2, 0.25) is 5.91 Å². The van der Waals surface area contributed by atoms with Crippen molar-refractivity contribution in [2.75, 3.05) is 4.90 Å². The SMILES string of the molecule is CC(=O)N1C2=C(CCC2)Sc2ccccc21. The van der Waals surface area contributed by atoms with Crippen LogP contribution in [0, 0.1) is 0 Å². The van der Waals surface area contributed by atoms with E-state index in [0.29, 0.717) is 0 Å². The van der Waals surface area contributed by atoms with Crippen molar-refractivity contribution < 1.29 is 4.79 Å². The Labute approximate surface area is 99.3 Å². The molecule has 0 radical (unpaired) electrons. The Morgan fingerprint density at radius 3 is 2.94 bits per heavy atom. The molecule has 0 N–H and O–H groups in total. The molecule has 82 valence electrons. The molecule has 1 aromatic carbocycles. The third-order valence-corrected chi connectivity index (χ3v) is 4.31. The van der Waals surface area contributed by atoms with Crippen molar-refractivity contribution in [1.29, 1.82) is 0 Å². The molecule has 1 aliphatic heterocycles. The number of rotatable bonds is 0. The zero-order chi connectivity index (χ0) is 11.1. The average molecular weight is 231 g/mol. The van der Waals surface area contributed by atoms with E-state index in [-0.39, 0.29) is 5.91 Å². The fourth-order valence-corrected chi connectivity index (χ4v) is 3.65. The number of carbonyl (C=O) groups excluding carboxylic acids is 1. The molecule has 0 saturated carbocycles. The van der Waals surface area contributed by atoms with Crippen LogP contribution in [0.5, 0.6) is 0 Å². The van der Waals surface area contributed by atoms with Gasteiger partial charge >= 0.3 is 0 Å². The first-order chi connectivity index (χ1) is 7.77. The quantitative estimate of drug-likeness (QED) is 0.680. The minimum absolute atomic E-state index is 0.127. The maximum absolute atomic E-state index is 11.8. The van der Waals surface area contributed by atoms with Crippen LogP contribution in [-0.2, 0) is 4.79 Å². The number of thioether (sulfide) groups is 1. The van der Waals surface area contributed by atoms with Crippen LogP contribution in [-0.4, -0.2) is 5.91 Å². The highest BCUT2D eigenvalue weighted by Gasteiger charge is 2.30. The minimum atomic E-state index is 0.127. The number of amides is 1. The summed E-state index contributed by atoms with van der Waals surface area (Å²) in [5, 5.41) is 0. The first-order valence-electron chi connectivity index (χ1n) is 5.57. The van der Waals surface area contributed by atoms with E-state index < -0.39 is 0 Å². The number of hydrogen-bond acceptors (Lipinski definition) is 2. The molecular formula is C13H13NOS. The lowest BCUT2D eigenvalue weighted by molar-refractivity contribution is -0.116. The molecule has 0 unspecified atom stereocenters. The molecular weight excluding hydrogens is 218 g/mol. The summed E-state index contributed by atoms with van der Waals surface area (Å²) in [6.07, 6.45) is 3.34. The largest absolute Gasteiger partial charge is 0.283 e. The van der Waals surface area contributed by atoms with E-state index in [1.165, 1.54) is 21.9 Å². The highest BCUT2D eigenvalue weighted by molar-refractivity contribution is 8.03. The Morgan fingerprint density at radius 2 is 2.12 bits per heavy atom. The Kier molecular flexibility index (Phi) is 2.28. The van der Waals surface area contributed by atoms with Gasteiger partial charge < -0.3 is 0 Å². The lowest BCUT2D eigenvalue weighted by Gasteiger charge is -2.30. The van der Waals surface area contributed by atoms with Crippen LogP contribution in [0.4, 0.5) is 5.69 Å². The molecule has 0 atom stereocenters. The summed E-state index contributed by atoms with van der Waals surface area (Å²) >= 11 is 1.83. The van der Waals surface area contributed by atoms with Crippen molar-refractivity contribution in [2.45, 2.75) is 31.1 Å². The molecule has 1 amide bonds. The molecule has 3 heteroatoms. The summed E-state index contributed by atoms with van der Waals surface area (Å²) in [7, 11) is 0. The molecule has 1 aliphatic carbocycles. The number of anilines is 1. The Hall–Kier alpha value is -1.22. The summed E-state index contributed by atoms with van der Waals surface area (Å²) < 4.78 is 0. The number of carbonyl (C=O) groups is 1. The van der Waals surface area contributed by atoms with E-state index in [1.54, 1.807) is 6.92 Å². The van der Waals surface area contributed by atoms with Crippen LogP contribution in [0.15, 0.2) is 39.8 Å². The number of para-hydroxylation sites is 1. The van der Waals surface area contributed by atoms with Gasteiger partial charge in [-0.3, -0.25) is 9.69 Å². The predicted octanol–water partition coefficient (Wildman–Crippen LogP) is 3.54. The van der Waals surface area contributed by atoms with Crippen LogP contribution in [0.1, 0.15) is 26.2 Å². The molecule has 0 saturated heterocycles. The van der Waals surface area contributed by atoms with Crippen LogP contribution in [0.3, 0.4) is 0 Å². The average Bonchev–Trinajstić information content (AvgIpc) is 2.72. The van der Waals surface area contributed by atoms with Crippen LogP contribution >= 0.6 is 11.8 Å². The number of fused-ring (bicyclic) bond motifs is 1. The molecule has 0 spiro atoms. The van der Waals surface area contributed by atoms with Gasteiger partial charge in [-0.15, -0.1) is 0 Å². The third kappa shape index (κ3) is 1.39. The highest BCUT2D eigenvalue weighted by Crippen LogP contribution is 2.49. The summed E-state index contributed by atoms with van der Waals surface area (Å²) in [5.41, 5.74) is 2.29. The first-order valence-corrected chi connectivity index (χ1v) is 6.38. The van der Waals surface area contributed by atoms with Gasteiger partial charge in [-0.2, -0.15) is 0 Å². The van der Waals surface area contributed by atoms with E-state index in [4.69, 9.17) is 0 Å². The molecule has 1 aromatic rings. The van der Waals surface area contributed by atoms with E-state index >= 15 is 0 Å². The summed E-state index contributed by atoms with van der Waals surface area (Å²) in [5.74, 6) is 0.127. The van der Waals surface area contributed by atoms with Crippen molar-refractivity contribution in [2.24, 2.45) is 0 Å². The lowest BCUT2D eigenvalue weighted by Crippen LogP contribution is -2.29. The van der Waals surface area contributed by atoms with Crippen molar-refractivity contribution in [3.63, 3.8) is 0 Å². The highest BCUT2D eigenvalue weighted by atomic mass is 32.2. The molecule has 2 aliphatic rings. The fourth-order valence-electron chi connectivity index (χ4n) is 2.41. The number of nitrogens with zero attached hydrogens (tertiary/aromatic N) is 1. The van der Waals surface area contributed by atoms with Gasteiger partial charge in [0.05, 0.1) is 5.69 Å². The molecule has 2 nitrogen and oxygen atoms in total. The zero-order valence-electron chi connectivity index (χ0n) is 9.19. The molecule has 0 bridgehead atoms. The van der Waals surface area contributed by atoms with Crippen LogP contribution in [0.25, 0.3) is 0 Å². The summed E-state index contributed by atoms with van der Waals surface area (Å²) in [4.78, 5) is 16.3. The lowest BCUT2D eigenvalue weighted by atomic mass is 10.2. The fraction of sp³-hybridized carbons (Fsp3) is 0.308. The number of hydrogen-bond donors (Lipinski definition) is 0. The topological polar surface area (TPSA) is 20.3 Å². The second kappa shape index (κ2) is 3.67. The molecule has 1 heterocycles. The zero-order valence-corrected chi connectivity index (χ0v) is 10.0. The molecule has 0 aromatic heterocycles. The standard InChI is InChI=1S/C13H13NOS/c1-9(15)14-10-5-2-3-7-12(10)16-13-8-4-6-11(13)14/h2-3,5,7H,4,6,8H2,1H3. The Morgan fingerprint density at radius 1 is 1.31 bits per heavy atom. The van der Waals surface area contributed by atoms with Gasteiger partial charge in [-0.1, -0.05) is 23.9 Å². The maximum Gasteiger partial charge on any atom is 0.228 e. The Balaban J connectivity index is 2.15. The predicted molar refractivity (Wildman–Crippen MR) is 66.3 cm³/mol. The van der Waals surface area contributed by atoms with Gasteiger partial charge in [-0.05, 0) is 31.4 Å². The monoisotopic (exact) mass is 231 g/mol. The van der Waals surface area contributed by atoms with Gasteiger partial charge in [0.15, 0.2) is 0 Å². The second-order valence-electron chi connectivity index (χ2n) is 4.15. The van der Waals surface area contributed by atoms with E-state index in [1.807, 2.05) is 34.9 Å². The van der Waals surface area contributed by atoms with Crippen LogP contribution < -0.4 is 4.90 Å². The summed E-state index contributed by atoms with van der Waals surface area (Å²) in [6.45, 7) is 1.65. The van der Waals surface area contributed by atoms with Crippen LogP contribution in [0.2, 0.25) is 0 Å².